The Morgan fingerprint density at radius 3 is 2.12 bits per heavy atom. The second kappa shape index (κ2) is 8.47. The van der Waals surface area contributed by atoms with E-state index in [1.165, 1.54) is 5.56 Å². The van der Waals surface area contributed by atoms with Crippen LogP contribution in [0.15, 0.2) is 48.5 Å². The van der Waals surface area contributed by atoms with Crippen molar-refractivity contribution in [3.05, 3.63) is 70.8 Å². The van der Waals surface area contributed by atoms with Gasteiger partial charge in [-0.05, 0) is 48.1 Å². The Morgan fingerprint density at radius 2 is 1.36 bits per heavy atom. The number of hydrogen-bond acceptors (Lipinski definition) is 2. The average molecular weight is 336 g/mol. The Morgan fingerprint density at radius 1 is 0.680 bits per heavy atom. The molecule has 2 aromatic rings. The molecule has 0 saturated carbocycles. The van der Waals surface area contributed by atoms with Gasteiger partial charge in [-0.2, -0.15) is 0 Å². The van der Waals surface area contributed by atoms with Crippen LogP contribution in [0.1, 0.15) is 52.7 Å². The van der Waals surface area contributed by atoms with Gasteiger partial charge >= 0.3 is 0 Å². The number of carbonyl (C=O) groups excluding carboxylic acids is 2. The fourth-order valence-corrected chi connectivity index (χ4v) is 3.01. The molecule has 4 rings (SSSR count). The number of nitrogens with one attached hydrogen (secondary N) is 2. The molecule has 4 heteroatoms. The number of fused-ring (bicyclic) bond motifs is 11. The van der Waals surface area contributed by atoms with E-state index >= 15 is 0 Å². The summed E-state index contributed by atoms with van der Waals surface area (Å²) in [5, 5.41) is 5.94. The third-order valence-electron chi connectivity index (χ3n) is 4.52. The molecule has 0 aliphatic carbocycles. The van der Waals surface area contributed by atoms with Crippen LogP contribution in [0.2, 0.25) is 0 Å². The van der Waals surface area contributed by atoms with Crippen LogP contribution in [-0.2, 0) is 24.3 Å². The lowest BCUT2D eigenvalue weighted by Crippen LogP contribution is -2.23. The second-order valence-electron chi connectivity index (χ2n) is 6.54. The lowest BCUT2D eigenvalue weighted by atomic mass is 10.0. The molecule has 4 bridgehead atoms. The van der Waals surface area contributed by atoms with Gasteiger partial charge in [0.05, 0.1) is 0 Å². The monoisotopic (exact) mass is 336 g/mol. The summed E-state index contributed by atoms with van der Waals surface area (Å²) in [6, 6.07) is 15.8. The van der Waals surface area contributed by atoms with Crippen molar-refractivity contribution >= 4 is 11.8 Å². The van der Waals surface area contributed by atoms with E-state index < -0.39 is 0 Å². The van der Waals surface area contributed by atoms with Gasteiger partial charge < -0.3 is 10.6 Å². The zero-order chi connectivity index (χ0) is 17.5. The molecule has 2 N–H and O–H groups in total. The molecule has 2 aromatic carbocycles. The molecule has 0 radical (unpaired) electrons. The van der Waals surface area contributed by atoms with E-state index in [1.807, 2.05) is 42.5 Å². The summed E-state index contributed by atoms with van der Waals surface area (Å²) in [7, 11) is 0. The highest BCUT2D eigenvalue weighted by Gasteiger charge is 2.07. The second-order valence-corrected chi connectivity index (χ2v) is 6.54. The summed E-state index contributed by atoms with van der Waals surface area (Å²) < 4.78 is 0. The average Bonchev–Trinajstić information content (AvgIpc) is 2.64. The highest BCUT2D eigenvalue weighted by molar-refractivity contribution is 5.94. The van der Waals surface area contributed by atoms with E-state index in [-0.39, 0.29) is 11.8 Å². The maximum atomic E-state index is 12.4. The molecule has 0 fully saturated rings. The van der Waals surface area contributed by atoms with E-state index in [0.717, 1.165) is 36.8 Å². The highest BCUT2D eigenvalue weighted by Crippen LogP contribution is 2.12. The fourth-order valence-electron chi connectivity index (χ4n) is 3.01. The van der Waals surface area contributed by atoms with Crippen molar-refractivity contribution < 1.29 is 9.59 Å². The summed E-state index contributed by atoms with van der Waals surface area (Å²) in [5.74, 6) is 0.0683. The van der Waals surface area contributed by atoms with Crippen molar-refractivity contribution in [1.82, 2.24) is 10.6 Å². The van der Waals surface area contributed by atoms with Gasteiger partial charge in [-0.1, -0.05) is 42.8 Å². The lowest BCUT2D eigenvalue weighted by Gasteiger charge is -2.10. The first kappa shape index (κ1) is 17.2. The molecule has 130 valence electrons. The Balaban J connectivity index is 1.74. The first-order valence-electron chi connectivity index (χ1n) is 8.92. The molecule has 2 heterocycles. The van der Waals surface area contributed by atoms with E-state index in [0.29, 0.717) is 25.1 Å². The zero-order valence-corrected chi connectivity index (χ0v) is 14.4. The first-order chi connectivity index (χ1) is 12.2. The van der Waals surface area contributed by atoms with E-state index in [2.05, 4.69) is 16.7 Å². The summed E-state index contributed by atoms with van der Waals surface area (Å²) in [6.07, 6.45) is 4.44. The maximum Gasteiger partial charge on any atom is 0.251 e. The topological polar surface area (TPSA) is 58.2 Å². The van der Waals surface area contributed by atoms with Crippen LogP contribution < -0.4 is 10.6 Å². The van der Waals surface area contributed by atoms with Crippen molar-refractivity contribution in [2.75, 3.05) is 0 Å². The molecule has 2 aliphatic rings. The van der Waals surface area contributed by atoms with Gasteiger partial charge in [0.15, 0.2) is 0 Å². The molecule has 4 nitrogen and oxygen atoms in total. The number of carbonyl (C=O) groups is 2. The summed E-state index contributed by atoms with van der Waals surface area (Å²) in [4.78, 5) is 24.3. The van der Waals surface area contributed by atoms with Crippen LogP contribution in [0.25, 0.3) is 0 Å². The van der Waals surface area contributed by atoms with Gasteiger partial charge in [-0.25, -0.2) is 0 Å². The predicted octanol–water partition coefficient (Wildman–Crippen LogP) is 3.35. The van der Waals surface area contributed by atoms with Crippen LogP contribution in [0.5, 0.6) is 0 Å². The van der Waals surface area contributed by atoms with Gasteiger partial charge in [0.1, 0.15) is 0 Å². The SMILES string of the molecule is O=C1CCCCCc2cccc(c2)C(=O)NCc2ccc(cc2)CN1. The van der Waals surface area contributed by atoms with Crippen molar-refractivity contribution in [2.24, 2.45) is 0 Å². The molecule has 0 spiro atoms. The molecular formula is C21H24N2O2. The van der Waals surface area contributed by atoms with Gasteiger partial charge in [0.25, 0.3) is 5.91 Å². The maximum absolute atomic E-state index is 12.4. The Bertz CT molecular complexity index is 738. The fraction of sp³-hybridized carbons (Fsp3) is 0.333. The molecular weight excluding hydrogens is 312 g/mol. The lowest BCUT2D eigenvalue weighted by molar-refractivity contribution is -0.121. The minimum Gasteiger partial charge on any atom is -0.352 e. The summed E-state index contributed by atoms with van der Waals surface area (Å²) >= 11 is 0. The number of rotatable bonds is 0. The molecule has 0 saturated heterocycles. The van der Waals surface area contributed by atoms with Gasteiger partial charge in [0, 0.05) is 25.1 Å². The number of aryl methyl sites for hydroxylation is 1. The van der Waals surface area contributed by atoms with E-state index in [9.17, 15) is 9.59 Å². The number of hydrogen-bond donors (Lipinski definition) is 2. The van der Waals surface area contributed by atoms with Gasteiger partial charge in [-0.3, -0.25) is 9.59 Å². The van der Waals surface area contributed by atoms with Crippen molar-refractivity contribution in [3.8, 4) is 0 Å². The summed E-state index contributed by atoms with van der Waals surface area (Å²) in [6.45, 7) is 1.05. The molecule has 0 aromatic heterocycles. The number of amides is 2. The Kier molecular flexibility index (Phi) is 5.83. The van der Waals surface area contributed by atoms with Crippen molar-refractivity contribution in [1.29, 1.82) is 0 Å². The normalized spacial score (nSPS) is 16.5. The predicted molar refractivity (Wildman–Crippen MR) is 98.1 cm³/mol. The van der Waals surface area contributed by atoms with Crippen LogP contribution in [0.3, 0.4) is 0 Å². The minimum absolute atomic E-state index is 0.0423. The Hall–Kier alpha value is -2.62. The quantitative estimate of drug-likeness (QED) is 0.775. The van der Waals surface area contributed by atoms with Crippen LogP contribution in [0, 0.1) is 0 Å². The smallest absolute Gasteiger partial charge is 0.251 e. The molecule has 25 heavy (non-hydrogen) atoms. The van der Waals surface area contributed by atoms with Crippen molar-refractivity contribution in [3.63, 3.8) is 0 Å². The van der Waals surface area contributed by atoms with E-state index in [4.69, 9.17) is 0 Å². The van der Waals surface area contributed by atoms with Crippen LogP contribution in [-0.4, -0.2) is 11.8 Å². The van der Waals surface area contributed by atoms with Crippen molar-refractivity contribution in [2.45, 2.75) is 45.2 Å². The third kappa shape index (κ3) is 5.18. The third-order valence-corrected chi connectivity index (χ3v) is 4.52. The minimum atomic E-state index is -0.0423. The summed E-state index contributed by atoms with van der Waals surface area (Å²) in [5.41, 5.74) is 3.98. The Labute approximate surface area is 148 Å². The molecule has 2 amide bonds. The van der Waals surface area contributed by atoms with E-state index in [1.54, 1.807) is 0 Å². The van der Waals surface area contributed by atoms with Crippen LogP contribution >= 0.6 is 0 Å². The molecule has 0 atom stereocenters. The van der Waals surface area contributed by atoms with Gasteiger partial charge in [-0.15, -0.1) is 0 Å². The molecule has 2 aliphatic heterocycles. The number of benzene rings is 2. The largest absolute Gasteiger partial charge is 0.352 e. The first-order valence-corrected chi connectivity index (χ1v) is 8.92. The molecule has 0 unspecified atom stereocenters. The van der Waals surface area contributed by atoms with Gasteiger partial charge in [0.2, 0.25) is 5.91 Å². The highest BCUT2D eigenvalue weighted by atomic mass is 16.2. The standard InChI is InChI=1S/C21H24N2O2/c24-20-8-3-1-2-5-16-6-4-7-19(13-16)21(25)23-15-18-11-9-17(10-12-18)14-22-20/h4,6-7,9-13H,1-3,5,8,14-15H2,(H,22,24)(H,23,25). The zero-order valence-electron chi connectivity index (χ0n) is 14.4. The van der Waals surface area contributed by atoms with Crippen LogP contribution in [0.4, 0.5) is 0 Å².